The van der Waals surface area contributed by atoms with Crippen LogP contribution in [0.2, 0.25) is 0 Å². The Morgan fingerprint density at radius 1 is 0.765 bits per heavy atom. The fourth-order valence-electron chi connectivity index (χ4n) is 6.21. The van der Waals surface area contributed by atoms with E-state index in [0.29, 0.717) is 44.3 Å². The Morgan fingerprint density at radius 3 is 2.24 bits per heavy atom. The summed E-state index contributed by atoms with van der Waals surface area (Å²) in [6.07, 6.45) is 0.812. The molecule has 0 N–H and O–H groups in total. The highest BCUT2D eigenvalue weighted by atomic mass is 32.1. The summed E-state index contributed by atoms with van der Waals surface area (Å²) >= 11 is 1.54. The molecule has 0 bridgehead atoms. The van der Waals surface area contributed by atoms with E-state index in [2.05, 4.69) is 46.2 Å². The van der Waals surface area contributed by atoms with Gasteiger partial charge in [0.1, 0.15) is 28.8 Å². The molecule has 1 amide bonds. The third-order valence-corrected chi connectivity index (χ3v) is 9.78. The highest BCUT2D eigenvalue weighted by molar-refractivity contribution is 7.09. The molecule has 2 heterocycles. The van der Waals surface area contributed by atoms with Crippen molar-refractivity contribution in [3.63, 3.8) is 0 Å². The van der Waals surface area contributed by atoms with Crippen molar-refractivity contribution >= 4 is 22.9 Å². The van der Waals surface area contributed by atoms with E-state index in [4.69, 9.17) is 23.9 Å². The summed E-state index contributed by atoms with van der Waals surface area (Å²) in [5, 5.41) is 2.82. The molecule has 4 aromatic carbocycles. The molecule has 0 spiro atoms. The number of methoxy groups -OCH3 is 2. The van der Waals surface area contributed by atoms with Crippen molar-refractivity contribution in [1.82, 2.24) is 14.8 Å². The highest BCUT2D eigenvalue weighted by Gasteiger charge is 2.25. The number of hydrogen-bond donors (Lipinski definition) is 0. The topological polar surface area (TPSA) is 76.6 Å². The molecule has 10 heteroatoms. The lowest BCUT2D eigenvalue weighted by atomic mass is 10.1. The van der Waals surface area contributed by atoms with Gasteiger partial charge in [-0.05, 0) is 66.4 Å². The number of benzene rings is 4. The van der Waals surface area contributed by atoms with E-state index in [1.165, 1.54) is 5.56 Å². The van der Waals surface area contributed by atoms with Gasteiger partial charge in [0.2, 0.25) is 0 Å². The lowest BCUT2D eigenvalue weighted by Crippen LogP contribution is -2.49. The lowest BCUT2D eigenvalue weighted by molar-refractivity contribution is 0.0741. The first-order chi connectivity index (χ1) is 25.0. The number of nitrogens with zero attached hydrogens (tertiary/aromatic N) is 4. The van der Waals surface area contributed by atoms with Crippen LogP contribution in [0.25, 0.3) is 0 Å². The van der Waals surface area contributed by atoms with E-state index in [9.17, 15) is 4.79 Å². The molecular weight excluding hydrogens is 661 g/mol. The quantitative estimate of drug-likeness (QED) is 0.106. The molecule has 1 aliphatic heterocycles. The van der Waals surface area contributed by atoms with Gasteiger partial charge in [0.05, 0.1) is 33.1 Å². The summed E-state index contributed by atoms with van der Waals surface area (Å²) in [7, 11) is 3.30. The minimum atomic E-state index is -0.0155. The third-order valence-electron chi connectivity index (χ3n) is 8.94. The summed E-state index contributed by atoms with van der Waals surface area (Å²) in [4.78, 5) is 25.0. The Hall–Kier alpha value is -5.06. The second-order valence-electron chi connectivity index (χ2n) is 12.4. The minimum Gasteiger partial charge on any atom is -0.493 e. The molecule has 266 valence electrons. The van der Waals surface area contributed by atoms with Crippen molar-refractivity contribution < 1.29 is 23.7 Å². The number of hydrogen-bond acceptors (Lipinski definition) is 9. The van der Waals surface area contributed by atoms with Crippen LogP contribution >= 0.6 is 11.3 Å². The molecule has 0 atom stereocenters. The van der Waals surface area contributed by atoms with Crippen molar-refractivity contribution in [2.24, 2.45) is 0 Å². The van der Waals surface area contributed by atoms with Crippen LogP contribution < -0.4 is 23.8 Å². The van der Waals surface area contributed by atoms with Crippen molar-refractivity contribution in [1.29, 1.82) is 0 Å². The molecule has 1 aliphatic rings. The van der Waals surface area contributed by atoms with E-state index < -0.39 is 0 Å². The number of thiazole rings is 1. The Morgan fingerprint density at radius 2 is 1.49 bits per heavy atom. The van der Waals surface area contributed by atoms with Gasteiger partial charge in [0.15, 0.2) is 11.5 Å². The predicted molar refractivity (Wildman–Crippen MR) is 202 cm³/mol. The molecule has 0 saturated carbocycles. The van der Waals surface area contributed by atoms with Gasteiger partial charge in [-0.15, -0.1) is 11.3 Å². The van der Waals surface area contributed by atoms with Crippen molar-refractivity contribution in [2.45, 2.75) is 33.0 Å². The van der Waals surface area contributed by atoms with E-state index in [1.54, 1.807) is 25.6 Å². The molecule has 9 nitrogen and oxygen atoms in total. The molecule has 1 saturated heterocycles. The van der Waals surface area contributed by atoms with Gasteiger partial charge < -0.3 is 28.7 Å². The first-order valence-corrected chi connectivity index (χ1v) is 18.3. The van der Waals surface area contributed by atoms with Crippen LogP contribution in [-0.2, 0) is 26.1 Å². The maximum atomic E-state index is 13.6. The normalized spacial score (nSPS) is 12.9. The molecule has 5 aromatic rings. The summed E-state index contributed by atoms with van der Waals surface area (Å²) < 4.78 is 22.9. The minimum absolute atomic E-state index is 0.0155. The van der Waals surface area contributed by atoms with Crippen LogP contribution in [-0.4, -0.2) is 74.2 Å². The number of aromatic nitrogens is 1. The fourth-order valence-corrected chi connectivity index (χ4v) is 7.02. The van der Waals surface area contributed by atoms with Crippen molar-refractivity contribution in [3.8, 4) is 23.0 Å². The van der Waals surface area contributed by atoms with Gasteiger partial charge in [-0.25, -0.2) is 4.98 Å². The summed E-state index contributed by atoms with van der Waals surface area (Å²) in [5.41, 5.74) is 5.05. The van der Waals surface area contributed by atoms with E-state index in [-0.39, 0.29) is 5.91 Å². The SMILES string of the molecule is CCOc1ccccc1N1CCN(C(=O)c2csc(CN(CCc3ccc(OC)c(OC)c3)Cc3ccc(OCc4ccccc4)cc3)n2)CC1. The Bertz CT molecular complexity index is 1840. The number of para-hydroxylation sites is 2. The standard InChI is InChI=1S/C41H46N4O5S/c1-4-49-37-13-9-8-12-36(37)44-22-24-45(25-23-44)41(46)35-30-51-40(42-35)28-43(21-20-31-16-19-38(47-2)39(26-31)48-3)27-32-14-17-34(18-15-32)50-29-33-10-6-5-7-11-33/h5-19,26,30H,4,20-25,27-29H2,1-3H3. The number of ether oxygens (including phenoxy) is 4. The largest absolute Gasteiger partial charge is 0.493 e. The number of rotatable bonds is 16. The van der Waals surface area contributed by atoms with Crippen LogP contribution in [0, 0.1) is 0 Å². The fraction of sp³-hybridized carbons (Fsp3) is 0.317. The number of carbonyl (C=O) groups is 1. The van der Waals surface area contributed by atoms with Gasteiger partial charge in [-0.3, -0.25) is 9.69 Å². The number of piperazine rings is 1. The second kappa shape index (κ2) is 17.7. The Kier molecular flexibility index (Phi) is 12.4. The van der Waals surface area contributed by atoms with Crippen LogP contribution in [0.4, 0.5) is 5.69 Å². The zero-order chi connectivity index (χ0) is 35.4. The molecule has 51 heavy (non-hydrogen) atoms. The number of anilines is 1. The third kappa shape index (κ3) is 9.59. The van der Waals surface area contributed by atoms with Gasteiger partial charge in [-0.1, -0.05) is 60.7 Å². The maximum absolute atomic E-state index is 13.6. The maximum Gasteiger partial charge on any atom is 0.273 e. The molecule has 1 aromatic heterocycles. The number of carbonyl (C=O) groups excluding carboxylic acids is 1. The predicted octanol–water partition coefficient (Wildman–Crippen LogP) is 7.35. The highest BCUT2D eigenvalue weighted by Crippen LogP contribution is 2.30. The van der Waals surface area contributed by atoms with Crippen molar-refractivity contribution in [2.75, 3.05) is 58.5 Å². The van der Waals surface area contributed by atoms with Gasteiger partial charge >= 0.3 is 0 Å². The Balaban J connectivity index is 1.10. The van der Waals surface area contributed by atoms with Gasteiger partial charge in [-0.2, -0.15) is 0 Å². The molecule has 0 aliphatic carbocycles. The number of amides is 1. The average molecular weight is 707 g/mol. The van der Waals surface area contributed by atoms with Gasteiger partial charge in [0, 0.05) is 44.6 Å². The van der Waals surface area contributed by atoms with E-state index in [1.807, 2.05) is 77.9 Å². The molecule has 1 fully saturated rings. The summed E-state index contributed by atoms with van der Waals surface area (Å²) in [6.45, 7) is 8.03. The van der Waals surface area contributed by atoms with E-state index in [0.717, 1.165) is 71.7 Å². The molecule has 6 rings (SSSR count). The van der Waals surface area contributed by atoms with Crippen LogP contribution in [0.3, 0.4) is 0 Å². The van der Waals surface area contributed by atoms with Crippen LogP contribution in [0.15, 0.2) is 102 Å². The molecular formula is C41H46N4O5S. The van der Waals surface area contributed by atoms with Crippen molar-refractivity contribution in [3.05, 3.63) is 130 Å². The molecule has 0 unspecified atom stereocenters. The van der Waals surface area contributed by atoms with Gasteiger partial charge in [0.25, 0.3) is 5.91 Å². The second-order valence-corrected chi connectivity index (χ2v) is 13.3. The average Bonchev–Trinajstić information content (AvgIpc) is 3.65. The van der Waals surface area contributed by atoms with E-state index >= 15 is 0 Å². The smallest absolute Gasteiger partial charge is 0.273 e. The lowest BCUT2D eigenvalue weighted by Gasteiger charge is -2.36. The first kappa shape index (κ1) is 35.8. The summed E-state index contributed by atoms with van der Waals surface area (Å²) in [6, 6.07) is 32.6. The first-order valence-electron chi connectivity index (χ1n) is 17.4. The zero-order valence-corrected chi connectivity index (χ0v) is 30.4. The van der Waals surface area contributed by atoms with Crippen LogP contribution in [0.5, 0.6) is 23.0 Å². The summed E-state index contributed by atoms with van der Waals surface area (Å²) in [5.74, 6) is 3.13. The van der Waals surface area contributed by atoms with Crippen LogP contribution in [0.1, 0.15) is 39.1 Å². The molecule has 0 radical (unpaired) electrons. The Labute approximate surface area is 305 Å². The zero-order valence-electron chi connectivity index (χ0n) is 29.6. The monoisotopic (exact) mass is 706 g/mol.